The van der Waals surface area contributed by atoms with Crippen LogP contribution in [0.4, 0.5) is 10.1 Å². The van der Waals surface area contributed by atoms with Crippen molar-refractivity contribution in [2.75, 3.05) is 12.4 Å². The molecule has 0 bridgehead atoms. The van der Waals surface area contributed by atoms with Crippen molar-refractivity contribution >= 4 is 17.6 Å². The van der Waals surface area contributed by atoms with Crippen LogP contribution in [0, 0.1) is 17.7 Å². The fourth-order valence-electron chi connectivity index (χ4n) is 3.87. The van der Waals surface area contributed by atoms with Gasteiger partial charge in [0.2, 0.25) is 5.88 Å². The first-order valence-corrected chi connectivity index (χ1v) is 8.83. The van der Waals surface area contributed by atoms with Gasteiger partial charge in [0.25, 0.3) is 11.9 Å². The Balaban J connectivity index is 1.62. The summed E-state index contributed by atoms with van der Waals surface area (Å²) in [6.07, 6.45) is 2.58. The van der Waals surface area contributed by atoms with Crippen molar-refractivity contribution in [2.24, 2.45) is 22.6 Å². The molecule has 2 aromatic rings. The standard InChI is InChI=1S/C19H20FN5O3/c1-9-15-16(9)28-18(21)25-19(15,2)11-6-10(4-5-12(11)20)24-17(26)13-7-23-14(27-3)8-22-13/h4-9,15-16H,1-3H3,(H2,21,25)(H,24,26)/t9-,15?,16?,19-/m1/s1. The van der Waals surface area contributed by atoms with E-state index in [9.17, 15) is 9.18 Å². The van der Waals surface area contributed by atoms with Gasteiger partial charge in [-0.25, -0.2) is 19.4 Å². The van der Waals surface area contributed by atoms with Gasteiger partial charge in [-0.2, -0.15) is 0 Å². The number of amides is 1. The fourth-order valence-corrected chi connectivity index (χ4v) is 3.87. The first-order chi connectivity index (χ1) is 13.3. The van der Waals surface area contributed by atoms with Crippen LogP contribution in [0.15, 0.2) is 35.6 Å². The predicted molar refractivity (Wildman–Crippen MR) is 99.4 cm³/mol. The summed E-state index contributed by atoms with van der Waals surface area (Å²) < 4.78 is 25.1. The highest BCUT2D eigenvalue weighted by Crippen LogP contribution is 2.57. The van der Waals surface area contributed by atoms with E-state index >= 15 is 0 Å². The van der Waals surface area contributed by atoms with Crippen LogP contribution in [0.25, 0.3) is 0 Å². The van der Waals surface area contributed by atoms with E-state index in [0.29, 0.717) is 17.1 Å². The number of aromatic nitrogens is 2. The van der Waals surface area contributed by atoms with Gasteiger partial charge in [0.05, 0.1) is 25.0 Å². The number of amidine groups is 1. The van der Waals surface area contributed by atoms with E-state index in [4.69, 9.17) is 15.2 Å². The number of anilines is 1. The van der Waals surface area contributed by atoms with Crippen LogP contribution >= 0.6 is 0 Å². The molecule has 9 heteroatoms. The number of nitrogens with two attached hydrogens (primary N) is 1. The lowest BCUT2D eigenvalue weighted by molar-refractivity contribution is 0.102. The number of fused-ring (bicyclic) bond motifs is 1. The molecule has 28 heavy (non-hydrogen) atoms. The van der Waals surface area contributed by atoms with E-state index in [1.165, 1.54) is 31.6 Å². The molecule has 4 rings (SSSR count). The number of ether oxygens (including phenoxy) is 2. The van der Waals surface area contributed by atoms with Crippen molar-refractivity contribution in [3.63, 3.8) is 0 Å². The monoisotopic (exact) mass is 385 g/mol. The lowest BCUT2D eigenvalue weighted by Crippen LogP contribution is -2.35. The number of methoxy groups -OCH3 is 1. The molecule has 146 valence electrons. The van der Waals surface area contributed by atoms with Gasteiger partial charge in [-0.1, -0.05) is 6.92 Å². The second-order valence-corrected chi connectivity index (χ2v) is 7.16. The molecule has 0 spiro atoms. The number of nitrogens with one attached hydrogen (secondary N) is 1. The van der Waals surface area contributed by atoms with E-state index in [0.717, 1.165) is 0 Å². The van der Waals surface area contributed by atoms with Crippen molar-refractivity contribution in [1.29, 1.82) is 0 Å². The third-order valence-corrected chi connectivity index (χ3v) is 5.39. The van der Waals surface area contributed by atoms with Crippen LogP contribution in [-0.2, 0) is 10.3 Å². The summed E-state index contributed by atoms with van der Waals surface area (Å²) in [5.74, 6) is -0.349. The Morgan fingerprint density at radius 1 is 1.36 bits per heavy atom. The maximum Gasteiger partial charge on any atom is 0.283 e. The highest BCUT2D eigenvalue weighted by atomic mass is 19.1. The highest BCUT2D eigenvalue weighted by molar-refractivity contribution is 6.02. The Hall–Kier alpha value is -3.23. The van der Waals surface area contributed by atoms with E-state index in [-0.39, 0.29) is 29.7 Å². The summed E-state index contributed by atoms with van der Waals surface area (Å²) in [7, 11) is 1.46. The van der Waals surface area contributed by atoms with Gasteiger partial charge in [-0.15, -0.1) is 0 Å². The number of nitrogens with zero attached hydrogens (tertiary/aromatic N) is 3. The second kappa shape index (κ2) is 6.43. The van der Waals surface area contributed by atoms with E-state index < -0.39 is 17.3 Å². The van der Waals surface area contributed by atoms with Gasteiger partial charge in [0, 0.05) is 23.1 Å². The maximum absolute atomic E-state index is 14.7. The van der Waals surface area contributed by atoms with Crippen molar-refractivity contribution in [3.05, 3.63) is 47.7 Å². The zero-order valence-electron chi connectivity index (χ0n) is 15.6. The minimum atomic E-state index is -0.864. The molecule has 2 heterocycles. The van der Waals surface area contributed by atoms with Gasteiger partial charge < -0.3 is 20.5 Å². The molecular formula is C19H20FN5O3. The molecule has 0 radical (unpaired) electrons. The third kappa shape index (κ3) is 2.92. The first kappa shape index (κ1) is 18.1. The van der Waals surface area contributed by atoms with Gasteiger partial charge in [0.15, 0.2) is 0 Å². The number of benzene rings is 1. The first-order valence-electron chi connectivity index (χ1n) is 8.83. The largest absolute Gasteiger partial charge is 0.480 e. The normalized spacial score (nSPS) is 27.9. The summed E-state index contributed by atoms with van der Waals surface area (Å²) >= 11 is 0. The van der Waals surface area contributed by atoms with Crippen molar-refractivity contribution < 1.29 is 18.7 Å². The molecule has 1 fully saturated rings. The van der Waals surface area contributed by atoms with E-state index in [1.54, 1.807) is 6.07 Å². The molecule has 1 saturated carbocycles. The summed E-state index contributed by atoms with van der Waals surface area (Å²) in [6, 6.07) is 4.42. The second-order valence-electron chi connectivity index (χ2n) is 7.16. The maximum atomic E-state index is 14.7. The number of rotatable bonds is 4. The van der Waals surface area contributed by atoms with E-state index in [1.807, 2.05) is 13.8 Å². The van der Waals surface area contributed by atoms with Gasteiger partial charge >= 0.3 is 0 Å². The average molecular weight is 385 g/mol. The topological polar surface area (TPSA) is 112 Å². The Kier molecular flexibility index (Phi) is 4.17. The minimum Gasteiger partial charge on any atom is -0.480 e. The molecule has 2 unspecified atom stereocenters. The predicted octanol–water partition coefficient (Wildman–Crippen LogP) is 2.07. The Morgan fingerprint density at radius 3 is 2.82 bits per heavy atom. The number of carbonyl (C=O) groups excluding carboxylic acids is 1. The summed E-state index contributed by atoms with van der Waals surface area (Å²) in [4.78, 5) is 24.8. The molecular weight excluding hydrogens is 365 g/mol. The lowest BCUT2D eigenvalue weighted by Gasteiger charge is -2.30. The SMILES string of the molecule is COc1cnc(C(=O)Nc2ccc(F)c([C@@]3(C)N=C(N)OC4C3[C@H]4C)c2)cn1. The fraction of sp³-hybridized carbons (Fsp3) is 0.368. The molecule has 1 aliphatic carbocycles. The number of aliphatic imine (C=N–C) groups is 1. The van der Waals surface area contributed by atoms with Gasteiger partial charge in [-0.3, -0.25) is 4.79 Å². The number of hydrogen-bond donors (Lipinski definition) is 2. The number of carbonyl (C=O) groups is 1. The van der Waals surface area contributed by atoms with Gasteiger partial charge in [0.1, 0.15) is 17.6 Å². The van der Waals surface area contributed by atoms with E-state index in [2.05, 4.69) is 20.3 Å². The molecule has 1 aromatic carbocycles. The highest BCUT2D eigenvalue weighted by Gasteiger charge is 2.63. The molecule has 3 N–H and O–H groups in total. The molecule has 1 aliphatic heterocycles. The zero-order valence-corrected chi connectivity index (χ0v) is 15.6. The van der Waals surface area contributed by atoms with Crippen LogP contribution in [0.1, 0.15) is 29.9 Å². The summed E-state index contributed by atoms with van der Waals surface area (Å²) in [5, 5.41) is 2.71. The van der Waals surface area contributed by atoms with Crippen molar-refractivity contribution in [3.8, 4) is 5.88 Å². The van der Waals surface area contributed by atoms with Crippen molar-refractivity contribution in [2.45, 2.75) is 25.5 Å². The molecule has 8 nitrogen and oxygen atoms in total. The van der Waals surface area contributed by atoms with Gasteiger partial charge in [-0.05, 0) is 25.1 Å². The zero-order chi connectivity index (χ0) is 20.1. The molecule has 2 aliphatic rings. The third-order valence-electron chi connectivity index (χ3n) is 5.39. The van der Waals surface area contributed by atoms with Crippen LogP contribution in [0.2, 0.25) is 0 Å². The van der Waals surface area contributed by atoms with Crippen LogP contribution in [-0.4, -0.2) is 35.1 Å². The quantitative estimate of drug-likeness (QED) is 0.833. The number of hydrogen-bond acceptors (Lipinski definition) is 7. The Morgan fingerprint density at radius 2 is 2.14 bits per heavy atom. The number of halogens is 1. The smallest absolute Gasteiger partial charge is 0.283 e. The molecule has 1 aromatic heterocycles. The lowest BCUT2D eigenvalue weighted by atomic mass is 9.85. The van der Waals surface area contributed by atoms with Crippen LogP contribution < -0.4 is 15.8 Å². The minimum absolute atomic E-state index is 0.0210. The Bertz CT molecular complexity index is 965. The average Bonchev–Trinajstić information content (AvgIpc) is 3.33. The Labute approximate surface area is 161 Å². The van der Waals surface area contributed by atoms with Crippen LogP contribution in [0.5, 0.6) is 5.88 Å². The molecule has 4 atom stereocenters. The van der Waals surface area contributed by atoms with Crippen molar-refractivity contribution in [1.82, 2.24) is 9.97 Å². The summed E-state index contributed by atoms with van der Waals surface area (Å²) in [5.41, 5.74) is 5.83. The van der Waals surface area contributed by atoms with Crippen LogP contribution in [0.3, 0.4) is 0 Å². The molecule has 0 saturated heterocycles. The molecule has 1 amide bonds. The summed E-state index contributed by atoms with van der Waals surface area (Å²) in [6.45, 7) is 3.86.